The van der Waals surface area contributed by atoms with E-state index in [2.05, 4.69) is 15.7 Å². The Hall–Kier alpha value is -1.85. The van der Waals surface area contributed by atoms with Crippen LogP contribution in [0.2, 0.25) is 5.02 Å². The first-order valence-electron chi connectivity index (χ1n) is 4.85. The topological polar surface area (TPSA) is 63.0 Å². The maximum Gasteiger partial charge on any atom is 0.148 e. The van der Waals surface area contributed by atoms with Gasteiger partial charge >= 0.3 is 0 Å². The van der Waals surface area contributed by atoms with Crippen molar-refractivity contribution in [2.45, 2.75) is 0 Å². The van der Waals surface area contributed by atoms with Gasteiger partial charge in [-0.1, -0.05) is 23.7 Å². The third kappa shape index (κ3) is 2.64. The Morgan fingerprint density at radius 3 is 2.53 bits per heavy atom. The summed E-state index contributed by atoms with van der Waals surface area (Å²) in [5, 5.41) is 3.09. The minimum absolute atomic E-state index is 0.191. The lowest BCUT2D eigenvalue weighted by atomic mass is 10.3. The number of nitrogens with one attached hydrogen (secondary N) is 2. The fourth-order valence-electron chi connectivity index (χ4n) is 1.33. The maximum atomic E-state index is 13.5. The first-order valence-corrected chi connectivity index (χ1v) is 5.23. The molecule has 2 rings (SSSR count). The number of nitrogens with two attached hydrogens (primary N) is 1. The van der Waals surface area contributed by atoms with Crippen LogP contribution in [0.25, 0.3) is 0 Å². The van der Waals surface area contributed by atoms with Gasteiger partial charge in [-0.05, 0) is 24.3 Å². The van der Waals surface area contributed by atoms with Crippen molar-refractivity contribution in [2.24, 2.45) is 5.84 Å². The van der Waals surface area contributed by atoms with Crippen LogP contribution in [0.5, 0.6) is 0 Å². The number of halogens is 2. The van der Waals surface area contributed by atoms with E-state index in [0.717, 1.165) is 0 Å². The molecular formula is C11H10ClFN4. The van der Waals surface area contributed by atoms with Crippen molar-refractivity contribution in [3.63, 3.8) is 0 Å². The van der Waals surface area contributed by atoms with Crippen molar-refractivity contribution >= 4 is 28.9 Å². The number of anilines is 3. The molecule has 0 saturated heterocycles. The number of hydrogen-bond donors (Lipinski definition) is 3. The van der Waals surface area contributed by atoms with Crippen molar-refractivity contribution < 1.29 is 4.39 Å². The molecule has 0 aliphatic carbocycles. The molecule has 88 valence electrons. The number of hydrazine groups is 1. The van der Waals surface area contributed by atoms with Crippen LogP contribution in [0, 0.1) is 5.82 Å². The average molecular weight is 253 g/mol. The maximum absolute atomic E-state index is 13.5. The molecule has 0 radical (unpaired) electrons. The zero-order valence-electron chi connectivity index (χ0n) is 8.74. The summed E-state index contributed by atoms with van der Waals surface area (Å²) in [5.41, 5.74) is 2.60. The zero-order chi connectivity index (χ0) is 12.3. The molecule has 2 aromatic rings. The number of aromatic nitrogens is 1. The summed E-state index contributed by atoms with van der Waals surface area (Å²) in [6.45, 7) is 0. The zero-order valence-corrected chi connectivity index (χ0v) is 9.50. The second-order valence-electron chi connectivity index (χ2n) is 3.27. The van der Waals surface area contributed by atoms with E-state index in [9.17, 15) is 4.39 Å². The van der Waals surface area contributed by atoms with Crippen LogP contribution in [-0.4, -0.2) is 4.98 Å². The van der Waals surface area contributed by atoms with Gasteiger partial charge in [-0.2, -0.15) is 0 Å². The molecule has 17 heavy (non-hydrogen) atoms. The predicted octanol–water partition coefficient (Wildman–Crippen LogP) is 2.90. The second kappa shape index (κ2) is 4.99. The van der Waals surface area contributed by atoms with Crippen LogP contribution >= 0.6 is 11.6 Å². The molecule has 0 bridgehead atoms. The van der Waals surface area contributed by atoms with Crippen LogP contribution in [-0.2, 0) is 0 Å². The standard InChI is InChI=1S/C11H10ClFN4/c12-7-3-1-4-8(13)11(7)16-9-5-2-6-10(15-9)17-14/h1-6H,14H2,(H2,15,16,17). The van der Waals surface area contributed by atoms with Gasteiger partial charge < -0.3 is 10.7 Å². The van der Waals surface area contributed by atoms with E-state index in [1.54, 1.807) is 24.3 Å². The molecular weight excluding hydrogens is 243 g/mol. The molecule has 0 aliphatic heterocycles. The van der Waals surface area contributed by atoms with E-state index in [0.29, 0.717) is 11.6 Å². The van der Waals surface area contributed by atoms with Gasteiger partial charge in [0.05, 0.1) is 10.7 Å². The van der Waals surface area contributed by atoms with Crippen LogP contribution in [0.3, 0.4) is 0 Å². The van der Waals surface area contributed by atoms with Gasteiger partial charge in [-0.25, -0.2) is 15.2 Å². The second-order valence-corrected chi connectivity index (χ2v) is 3.68. The SMILES string of the molecule is NNc1cccc(Nc2c(F)cccc2Cl)n1. The minimum atomic E-state index is -0.439. The monoisotopic (exact) mass is 252 g/mol. The number of rotatable bonds is 3. The lowest BCUT2D eigenvalue weighted by Crippen LogP contribution is -2.09. The summed E-state index contributed by atoms with van der Waals surface area (Å²) >= 11 is 5.88. The summed E-state index contributed by atoms with van der Waals surface area (Å²) in [5.74, 6) is 5.72. The molecule has 4 N–H and O–H groups in total. The number of nitrogen functional groups attached to an aromatic ring is 1. The Kier molecular flexibility index (Phi) is 3.41. The number of pyridine rings is 1. The number of hydrogen-bond acceptors (Lipinski definition) is 4. The van der Waals surface area contributed by atoms with Crippen molar-refractivity contribution in [1.82, 2.24) is 4.98 Å². The summed E-state index contributed by atoms with van der Waals surface area (Å²) < 4.78 is 13.5. The fraction of sp³-hybridized carbons (Fsp3) is 0. The first-order chi connectivity index (χ1) is 8.20. The molecule has 0 aliphatic rings. The Morgan fingerprint density at radius 2 is 1.82 bits per heavy atom. The molecule has 0 unspecified atom stereocenters. The quantitative estimate of drug-likeness (QED) is 0.581. The number of para-hydroxylation sites is 1. The van der Waals surface area contributed by atoms with Crippen molar-refractivity contribution in [3.8, 4) is 0 Å². The lowest BCUT2D eigenvalue weighted by Gasteiger charge is -2.09. The van der Waals surface area contributed by atoms with Crippen LogP contribution in [0.1, 0.15) is 0 Å². The molecule has 6 heteroatoms. The van der Waals surface area contributed by atoms with Gasteiger partial charge in [0.1, 0.15) is 17.5 Å². The Balaban J connectivity index is 2.31. The highest BCUT2D eigenvalue weighted by molar-refractivity contribution is 6.33. The van der Waals surface area contributed by atoms with Crippen molar-refractivity contribution in [1.29, 1.82) is 0 Å². The normalized spacial score (nSPS) is 10.1. The smallest absolute Gasteiger partial charge is 0.148 e. The third-order valence-electron chi connectivity index (χ3n) is 2.11. The number of benzene rings is 1. The fourth-order valence-corrected chi connectivity index (χ4v) is 1.54. The van der Waals surface area contributed by atoms with Gasteiger partial charge in [-0.3, -0.25) is 0 Å². The van der Waals surface area contributed by atoms with Gasteiger partial charge in [0.25, 0.3) is 0 Å². The Morgan fingerprint density at radius 1 is 1.12 bits per heavy atom. The van der Waals surface area contributed by atoms with Gasteiger partial charge in [0, 0.05) is 0 Å². The van der Waals surface area contributed by atoms with E-state index in [-0.39, 0.29) is 10.7 Å². The van der Waals surface area contributed by atoms with E-state index < -0.39 is 5.82 Å². The van der Waals surface area contributed by atoms with Crippen LogP contribution in [0.15, 0.2) is 36.4 Å². The van der Waals surface area contributed by atoms with Crippen LogP contribution in [0.4, 0.5) is 21.7 Å². The van der Waals surface area contributed by atoms with E-state index >= 15 is 0 Å². The largest absolute Gasteiger partial charge is 0.337 e. The van der Waals surface area contributed by atoms with E-state index in [4.69, 9.17) is 17.4 Å². The molecule has 1 aromatic heterocycles. The van der Waals surface area contributed by atoms with Gasteiger partial charge in [-0.15, -0.1) is 0 Å². The molecule has 1 aromatic carbocycles. The summed E-state index contributed by atoms with van der Waals surface area (Å²) in [4.78, 5) is 4.10. The Bertz CT molecular complexity index is 512. The summed E-state index contributed by atoms with van der Waals surface area (Å²) in [7, 11) is 0. The molecule has 0 spiro atoms. The summed E-state index contributed by atoms with van der Waals surface area (Å²) in [6.07, 6.45) is 0. The van der Waals surface area contributed by atoms with E-state index in [1.165, 1.54) is 12.1 Å². The molecule has 4 nitrogen and oxygen atoms in total. The minimum Gasteiger partial charge on any atom is -0.337 e. The highest BCUT2D eigenvalue weighted by Gasteiger charge is 2.07. The molecule has 1 heterocycles. The molecule has 0 fully saturated rings. The van der Waals surface area contributed by atoms with Crippen molar-refractivity contribution in [3.05, 3.63) is 47.2 Å². The first kappa shape index (κ1) is 11.6. The van der Waals surface area contributed by atoms with Crippen LogP contribution < -0.4 is 16.6 Å². The highest BCUT2D eigenvalue weighted by Crippen LogP contribution is 2.27. The van der Waals surface area contributed by atoms with Gasteiger partial charge in [0.15, 0.2) is 0 Å². The summed E-state index contributed by atoms with van der Waals surface area (Å²) in [6, 6.07) is 9.56. The lowest BCUT2D eigenvalue weighted by molar-refractivity contribution is 0.632. The molecule has 0 saturated carbocycles. The molecule has 0 atom stereocenters. The predicted molar refractivity (Wildman–Crippen MR) is 66.7 cm³/mol. The highest BCUT2D eigenvalue weighted by atomic mass is 35.5. The number of nitrogens with zero attached hydrogens (tertiary/aromatic N) is 1. The average Bonchev–Trinajstić information content (AvgIpc) is 2.34. The van der Waals surface area contributed by atoms with E-state index in [1.807, 2.05) is 0 Å². The Labute approximate surface area is 103 Å². The van der Waals surface area contributed by atoms with Gasteiger partial charge in [0.2, 0.25) is 0 Å². The van der Waals surface area contributed by atoms with Crippen molar-refractivity contribution in [2.75, 3.05) is 10.7 Å². The molecule has 0 amide bonds. The third-order valence-corrected chi connectivity index (χ3v) is 2.43.